The first-order valence-corrected chi connectivity index (χ1v) is 7.66. The number of aromatic amines is 1. The van der Waals surface area contributed by atoms with E-state index < -0.39 is 52.5 Å². The van der Waals surface area contributed by atoms with Crippen LogP contribution in [0.15, 0.2) is 12.1 Å². The van der Waals surface area contributed by atoms with Crippen molar-refractivity contribution in [3.63, 3.8) is 0 Å². The van der Waals surface area contributed by atoms with Gasteiger partial charge in [-0.3, -0.25) is 9.59 Å². The Morgan fingerprint density at radius 1 is 1.07 bits per heavy atom. The maximum atomic E-state index is 12.4. The molecule has 0 aliphatic heterocycles. The van der Waals surface area contributed by atoms with Crippen LogP contribution in [0.5, 0.6) is 0 Å². The second-order valence-electron chi connectivity index (χ2n) is 5.97. The molecule has 2 aromatic rings. The molecule has 0 bridgehead atoms. The summed E-state index contributed by atoms with van der Waals surface area (Å²) in [5.74, 6) is -6.08. The lowest BCUT2D eigenvalue weighted by atomic mass is 9.88. The van der Waals surface area contributed by atoms with Crippen molar-refractivity contribution in [2.45, 2.75) is 20.0 Å². The number of ether oxygens (including phenoxy) is 1. The van der Waals surface area contributed by atoms with E-state index in [0.29, 0.717) is 0 Å². The van der Waals surface area contributed by atoms with E-state index >= 15 is 0 Å². The van der Waals surface area contributed by atoms with E-state index in [1.54, 1.807) is 13.8 Å². The predicted molar refractivity (Wildman–Crippen MR) is 87.2 cm³/mol. The van der Waals surface area contributed by atoms with E-state index in [2.05, 4.69) is 9.97 Å². The Morgan fingerprint density at radius 2 is 1.74 bits per heavy atom. The zero-order valence-corrected chi connectivity index (χ0v) is 14.0. The first-order chi connectivity index (χ1) is 12.6. The molecule has 27 heavy (non-hydrogen) atoms. The number of pyridine rings is 1. The van der Waals surface area contributed by atoms with Crippen LogP contribution in [0.4, 0.5) is 0 Å². The number of rotatable bonds is 4. The van der Waals surface area contributed by atoms with Gasteiger partial charge in [-0.25, -0.2) is 19.4 Å². The summed E-state index contributed by atoms with van der Waals surface area (Å²) in [5, 5.41) is 18.5. The third-order valence-electron chi connectivity index (χ3n) is 3.77. The molecule has 3 N–H and O–H groups in total. The Morgan fingerprint density at radius 3 is 2.30 bits per heavy atom. The van der Waals surface area contributed by atoms with Gasteiger partial charge in [0.1, 0.15) is 17.1 Å². The van der Waals surface area contributed by atoms with Crippen molar-refractivity contribution < 1.29 is 38.9 Å². The highest BCUT2D eigenvalue weighted by Crippen LogP contribution is 2.36. The van der Waals surface area contributed by atoms with Crippen molar-refractivity contribution in [2.24, 2.45) is 0 Å². The number of nitrogens with zero attached hydrogens (tertiary/aromatic N) is 1. The van der Waals surface area contributed by atoms with Gasteiger partial charge in [0.15, 0.2) is 0 Å². The molecule has 10 heteroatoms. The molecule has 0 saturated heterocycles. The normalized spacial score (nSPS) is 12.6. The van der Waals surface area contributed by atoms with E-state index in [9.17, 15) is 29.1 Å². The van der Waals surface area contributed by atoms with Gasteiger partial charge >= 0.3 is 17.9 Å². The van der Waals surface area contributed by atoms with Crippen LogP contribution in [0.3, 0.4) is 0 Å². The molecule has 1 aliphatic carbocycles. The summed E-state index contributed by atoms with van der Waals surface area (Å²) in [6, 6.07) is 1.88. The van der Waals surface area contributed by atoms with Crippen LogP contribution < -0.4 is 0 Å². The number of fused-ring (bicyclic) bond motifs is 3. The van der Waals surface area contributed by atoms with Crippen LogP contribution in [0.1, 0.15) is 66.0 Å². The van der Waals surface area contributed by atoms with Gasteiger partial charge < -0.3 is 19.9 Å². The van der Waals surface area contributed by atoms with E-state index in [1.807, 2.05) is 0 Å². The summed E-state index contributed by atoms with van der Waals surface area (Å²) < 4.78 is 5.02. The predicted octanol–water partition coefficient (Wildman–Crippen LogP) is 1.42. The average molecular weight is 372 g/mol. The molecular weight excluding hydrogens is 360 g/mol. The quantitative estimate of drug-likeness (QED) is 0.531. The van der Waals surface area contributed by atoms with Gasteiger partial charge in [0.05, 0.1) is 22.9 Å². The Bertz CT molecular complexity index is 1050. The number of aromatic nitrogens is 2. The second-order valence-corrected chi connectivity index (χ2v) is 5.97. The van der Waals surface area contributed by atoms with Crippen molar-refractivity contribution >= 4 is 29.5 Å². The average Bonchev–Trinajstić information content (AvgIpc) is 3.03. The SMILES string of the molecule is CC(C)OC(=O)c1cc2c([nH]1)-c1c(C(=O)O)cc(C(=O)O)nc1C(=O)C2=O. The van der Waals surface area contributed by atoms with Gasteiger partial charge in [0.25, 0.3) is 5.78 Å². The second kappa shape index (κ2) is 6.16. The molecule has 3 rings (SSSR count). The standard InChI is InChI=1S/C17H12N2O8/c1-5(2)27-17(26)9-4-7-11(19-9)10-6(15(22)23)3-8(16(24)25)18-12(10)14(21)13(7)20/h3-5,19H,1-2H3,(H,22,23)(H,24,25). The summed E-state index contributed by atoms with van der Waals surface area (Å²) in [7, 11) is 0. The lowest BCUT2D eigenvalue weighted by molar-refractivity contribution is 0.0371. The molecule has 0 atom stereocenters. The van der Waals surface area contributed by atoms with Crippen molar-refractivity contribution in [3.05, 3.63) is 40.3 Å². The number of carbonyl (C=O) groups is 5. The first kappa shape index (κ1) is 18.0. The minimum Gasteiger partial charge on any atom is -0.478 e. The molecule has 138 valence electrons. The van der Waals surface area contributed by atoms with Crippen LogP contribution in [-0.4, -0.2) is 55.8 Å². The van der Waals surface area contributed by atoms with Crippen LogP contribution in [0.25, 0.3) is 11.3 Å². The van der Waals surface area contributed by atoms with Crippen molar-refractivity contribution in [1.82, 2.24) is 9.97 Å². The van der Waals surface area contributed by atoms with E-state index in [4.69, 9.17) is 9.84 Å². The van der Waals surface area contributed by atoms with Crippen LogP contribution in [0, 0.1) is 0 Å². The lowest BCUT2D eigenvalue weighted by Gasteiger charge is -2.16. The highest BCUT2D eigenvalue weighted by Gasteiger charge is 2.38. The molecule has 0 aromatic carbocycles. The highest BCUT2D eigenvalue weighted by atomic mass is 16.5. The van der Waals surface area contributed by atoms with E-state index in [0.717, 1.165) is 12.1 Å². The topological polar surface area (TPSA) is 164 Å². The van der Waals surface area contributed by atoms with Gasteiger partial charge in [-0.15, -0.1) is 0 Å². The highest BCUT2D eigenvalue weighted by molar-refractivity contribution is 6.52. The number of ketones is 2. The Kier molecular flexibility index (Phi) is 4.11. The van der Waals surface area contributed by atoms with Crippen LogP contribution in [-0.2, 0) is 4.74 Å². The van der Waals surface area contributed by atoms with Crippen molar-refractivity contribution in [2.75, 3.05) is 0 Å². The number of nitrogens with one attached hydrogen (secondary N) is 1. The number of hydrogen-bond acceptors (Lipinski definition) is 7. The summed E-state index contributed by atoms with van der Waals surface area (Å²) >= 11 is 0. The molecule has 1 aliphatic rings. The number of H-pyrrole nitrogens is 1. The Balaban J connectivity index is 2.29. The van der Waals surface area contributed by atoms with Gasteiger partial charge in [-0.2, -0.15) is 0 Å². The van der Waals surface area contributed by atoms with Crippen LogP contribution >= 0.6 is 0 Å². The molecular formula is C17H12N2O8. The largest absolute Gasteiger partial charge is 0.478 e. The van der Waals surface area contributed by atoms with E-state index in [1.165, 1.54) is 0 Å². The number of carboxylic acid groups (broad SMARTS) is 2. The van der Waals surface area contributed by atoms with Crippen molar-refractivity contribution in [1.29, 1.82) is 0 Å². The number of esters is 1. The summed E-state index contributed by atoms with van der Waals surface area (Å²) in [4.78, 5) is 65.8. The molecule has 0 spiro atoms. The minimum atomic E-state index is -1.56. The monoisotopic (exact) mass is 372 g/mol. The number of aromatic carboxylic acids is 2. The first-order valence-electron chi connectivity index (χ1n) is 7.66. The van der Waals surface area contributed by atoms with E-state index in [-0.39, 0.29) is 22.5 Å². The molecule has 0 amide bonds. The molecule has 2 heterocycles. The molecule has 0 radical (unpaired) electrons. The zero-order chi connectivity index (χ0) is 20.0. The Labute approximate surface area is 150 Å². The number of hydrogen-bond donors (Lipinski definition) is 3. The molecule has 0 fully saturated rings. The summed E-state index contributed by atoms with van der Waals surface area (Å²) in [5.41, 5.74) is -2.55. The van der Waals surface area contributed by atoms with Gasteiger partial charge in [-0.1, -0.05) is 0 Å². The molecule has 0 unspecified atom stereocenters. The fraction of sp³-hybridized carbons (Fsp3) is 0.176. The smallest absolute Gasteiger partial charge is 0.355 e. The third-order valence-corrected chi connectivity index (χ3v) is 3.77. The zero-order valence-electron chi connectivity index (χ0n) is 14.0. The molecule has 10 nitrogen and oxygen atoms in total. The molecule has 2 aromatic heterocycles. The van der Waals surface area contributed by atoms with Gasteiger partial charge in [0.2, 0.25) is 5.78 Å². The number of carbonyl (C=O) groups excluding carboxylic acids is 3. The number of carboxylic acids is 2. The van der Waals surface area contributed by atoms with Gasteiger partial charge in [-0.05, 0) is 26.0 Å². The summed E-state index contributed by atoms with van der Waals surface area (Å²) in [6.45, 7) is 3.23. The fourth-order valence-corrected chi connectivity index (χ4v) is 2.69. The number of Topliss-reactive ketones (excluding diaryl/α,β-unsaturated/α-hetero) is 2. The maximum Gasteiger partial charge on any atom is 0.355 e. The van der Waals surface area contributed by atoms with Gasteiger partial charge in [0, 0.05) is 5.56 Å². The fourth-order valence-electron chi connectivity index (χ4n) is 2.69. The minimum absolute atomic E-state index is 0.104. The van der Waals surface area contributed by atoms with Crippen molar-refractivity contribution in [3.8, 4) is 11.3 Å². The van der Waals surface area contributed by atoms with Crippen LogP contribution in [0.2, 0.25) is 0 Å². The third kappa shape index (κ3) is 2.86. The maximum absolute atomic E-state index is 12.4. The molecule has 0 saturated carbocycles. The summed E-state index contributed by atoms with van der Waals surface area (Å²) in [6.07, 6.45) is -0.447. The lowest BCUT2D eigenvalue weighted by Crippen LogP contribution is -2.25. The Hall–Kier alpha value is -3.82.